The van der Waals surface area contributed by atoms with E-state index in [9.17, 15) is 4.79 Å². The first-order chi connectivity index (χ1) is 9.66. The number of fused-ring (bicyclic) bond motifs is 1. The lowest BCUT2D eigenvalue weighted by atomic mass is 10.0. The molecule has 3 rings (SSSR count). The van der Waals surface area contributed by atoms with Crippen molar-refractivity contribution in [1.82, 2.24) is 14.8 Å². The fourth-order valence-electron chi connectivity index (χ4n) is 3.06. The molecule has 0 saturated carbocycles. The number of hydrogen-bond acceptors (Lipinski definition) is 2. The van der Waals surface area contributed by atoms with E-state index in [0.29, 0.717) is 6.04 Å². The third-order valence-corrected chi connectivity index (χ3v) is 4.29. The van der Waals surface area contributed by atoms with Crippen LogP contribution in [0, 0.1) is 0 Å². The smallest absolute Gasteiger partial charge is 0.256 e. The number of nitrogens with zero attached hydrogens (tertiary/aromatic N) is 2. The van der Waals surface area contributed by atoms with Crippen molar-refractivity contribution in [3.8, 4) is 0 Å². The van der Waals surface area contributed by atoms with Crippen molar-refractivity contribution in [2.75, 3.05) is 27.2 Å². The summed E-state index contributed by atoms with van der Waals surface area (Å²) in [6, 6.07) is 8.27. The van der Waals surface area contributed by atoms with Crippen molar-refractivity contribution in [2.24, 2.45) is 0 Å². The van der Waals surface area contributed by atoms with Crippen LogP contribution in [-0.2, 0) is 0 Å². The third-order valence-electron chi connectivity index (χ3n) is 4.29. The van der Waals surface area contributed by atoms with Gasteiger partial charge in [-0.2, -0.15) is 0 Å². The highest BCUT2D eigenvalue weighted by molar-refractivity contribution is 6.06. The first-order valence-corrected chi connectivity index (χ1v) is 7.18. The molecule has 1 amide bonds. The molecule has 2 aromatic rings. The molecule has 20 heavy (non-hydrogen) atoms. The highest BCUT2D eigenvalue weighted by Crippen LogP contribution is 2.21. The predicted octanol–water partition coefficient (Wildman–Crippen LogP) is 2.33. The Hall–Kier alpha value is -1.81. The fraction of sp³-hybridized carbons (Fsp3) is 0.438. The van der Waals surface area contributed by atoms with Gasteiger partial charge in [-0.05, 0) is 32.5 Å². The van der Waals surface area contributed by atoms with Gasteiger partial charge in [-0.1, -0.05) is 18.2 Å². The van der Waals surface area contributed by atoms with Crippen LogP contribution in [0.1, 0.15) is 23.2 Å². The molecular formula is C16H21N3O. The molecule has 1 N–H and O–H groups in total. The summed E-state index contributed by atoms with van der Waals surface area (Å²) in [6.07, 6.45) is 4.08. The lowest BCUT2D eigenvalue weighted by molar-refractivity contribution is 0.0646. The van der Waals surface area contributed by atoms with E-state index < -0.39 is 0 Å². The number of amides is 1. The average Bonchev–Trinajstić information content (AvgIpc) is 2.89. The number of para-hydroxylation sites is 1. The van der Waals surface area contributed by atoms with Crippen molar-refractivity contribution in [1.29, 1.82) is 0 Å². The lowest BCUT2D eigenvalue weighted by Gasteiger charge is -2.35. The number of aromatic amines is 1. The number of aromatic nitrogens is 1. The zero-order valence-corrected chi connectivity index (χ0v) is 12.1. The van der Waals surface area contributed by atoms with Gasteiger partial charge in [-0.15, -0.1) is 0 Å². The molecule has 1 saturated heterocycles. The predicted molar refractivity (Wildman–Crippen MR) is 80.9 cm³/mol. The number of carbonyl (C=O) groups is 1. The molecular weight excluding hydrogens is 250 g/mol. The minimum absolute atomic E-state index is 0.114. The van der Waals surface area contributed by atoms with Crippen LogP contribution in [0.25, 0.3) is 10.9 Å². The van der Waals surface area contributed by atoms with Gasteiger partial charge in [0.05, 0.1) is 5.56 Å². The first kappa shape index (κ1) is 13.2. The molecule has 4 nitrogen and oxygen atoms in total. The van der Waals surface area contributed by atoms with Crippen LogP contribution in [0.15, 0.2) is 30.5 Å². The Morgan fingerprint density at radius 1 is 1.40 bits per heavy atom. The van der Waals surface area contributed by atoms with Crippen molar-refractivity contribution >= 4 is 16.8 Å². The Bertz CT molecular complexity index is 619. The van der Waals surface area contributed by atoms with E-state index in [1.807, 2.05) is 42.4 Å². The molecule has 0 radical (unpaired) electrons. The average molecular weight is 271 g/mol. The van der Waals surface area contributed by atoms with Gasteiger partial charge in [0, 0.05) is 36.7 Å². The minimum Gasteiger partial charge on any atom is -0.360 e. The molecule has 1 aromatic carbocycles. The summed E-state index contributed by atoms with van der Waals surface area (Å²) in [5.41, 5.74) is 1.79. The van der Waals surface area contributed by atoms with E-state index in [2.05, 4.69) is 16.9 Å². The Morgan fingerprint density at radius 3 is 3.00 bits per heavy atom. The van der Waals surface area contributed by atoms with Gasteiger partial charge < -0.3 is 14.8 Å². The van der Waals surface area contributed by atoms with Gasteiger partial charge in [0.1, 0.15) is 0 Å². The number of piperidine rings is 1. The van der Waals surface area contributed by atoms with E-state index in [4.69, 9.17) is 0 Å². The molecule has 106 valence electrons. The zero-order valence-electron chi connectivity index (χ0n) is 12.1. The lowest BCUT2D eigenvalue weighted by Crippen LogP contribution is -2.47. The van der Waals surface area contributed by atoms with Gasteiger partial charge in [-0.3, -0.25) is 4.79 Å². The Kier molecular flexibility index (Phi) is 3.49. The van der Waals surface area contributed by atoms with Gasteiger partial charge in [0.25, 0.3) is 5.91 Å². The van der Waals surface area contributed by atoms with E-state index in [1.54, 1.807) is 0 Å². The topological polar surface area (TPSA) is 39.3 Å². The Balaban J connectivity index is 1.84. The van der Waals surface area contributed by atoms with Crippen molar-refractivity contribution in [3.63, 3.8) is 0 Å². The molecule has 1 atom stereocenters. The molecule has 1 aromatic heterocycles. The summed E-state index contributed by atoms with van der Waals surface area (Å²) in [5, 5.41) is 1.01. The highest BCUT2D eigenvalue weighted by Gasteiger charge is 2.26. The zero-order chi connectivity index (χ0) is 14.1. The van der Waals surface area contributed by atoms with E-state index in [0.717, 1.165) is 42.4 Å². The van der Waals surface area contributed by atoms with E-state index in [-0.39, 0.29) is 5.91 Å². The van der Waals surface area contributed by atoms with Crippen LogP contribution < -0.4 is 0 Å². The second-order valence-electron chi connectivity index (χ2n) is 5.72. The van der Waals surface area contributed by atoms with Crippen LogP contribution in [0.2, 0.25) is 0 Å². The second kappa shape index (κ2) is 5.29. The minimum atomic E-state index is 0.114. The van der Waals surface area contributed by atoms with Crippen molar-refractivity contribution < 1.29 is 4.79 Å². The normalized spacial score (nSPS) is 20.2. The van der Waals surface area contributed by atoms with Gasteiger partial charge in [0.2, 0.25) is 0 Å². The molecule has 2 heterocycles. The number of hydrogen-bond donors (Lipinski definition) is 1. The third kappa shape index (κ3) is 2.31. The van der Waals surface area contributed by atoms with Crippen LogP contribution in [0.3, 0.4) is 0 Å². The second-order valence-corrected chi connectivity index (χ2v) is 5.72. The van der Waals surface area contributed by atoms with Gasteiger partial charge in [0.15, 0.2) is 0 Å². The Labute approximate surface area is 119 Å². The molecule has 0 aliphatic carbocycles. The standard InChI is InChI=1S/C16H21N3O/c1-18-9-5-6-12(11-18)19(2)16(20)14-10-17-15-8-4-3-7-13(14)15/h3-4,7-8,10,12,17H,5-6,9,11H2,1-2H3. The SMILES string of the molecule is CN1CCCC(N(C)C(=O)c2c[nH]c3ccccc23)C1. The molecule has 1 aliphatic heterocycles. The fourth-order valence-corrected chi connectivity index (χ4v) is 3.06. The monoisotopic (exact) mass is 271 g/mol. The maximum atomic E-state index is 12.7. The maximum absolute atomic E-state index is 12.7. The molecule has 0 spiro atoms. The molecule has 1 aliphatic rings. The number of rotatable bonds is 2. The molecule has 0 bridgehead atoms. The number of H-pyrrole nitrogens is 1. The maximum Gasteiger partial charge on any atom is 0.256 e. The quantitative estimate of drug-likeness (QED) is 0.910. The van der Waals surface area contributed by atoms with Crippen molar-refractivity contribution in [3.05, 3.63) is 36.0 Å². The number of nitrogens with one attached hydrogen (secondary N) is 1. The summed E-state index contributed by atoms with van der Waals surface area (Å²) >= 11 is 0. The summed E-state index contributed by atoms with van der Waals surface area (Å²) in [7, 11) is 4.05. The van der Waals surface area contributed by atoms with Gasteiger partial charge in [-0.25, -0.2) is 0 Å². The van der Waals surface area contributed by atoms with Crippen LogP contribution in [0.4, 0.5) is 0 Å². The summed E-state index contributed by atoms with van der Waals surface area (Å²) in [4.78, 5) is 20.1. The summed E-state index contributed by atoms with van der Waals surface area (Å²) < 4.78 is 0. The number of likely N-dealkylation sites (N-methyl/N-ethyl adjacent to an activating group) is 2. The van der Waals surface area contributed by atoms with E-state index >= 15 is 0 Å². The molecule has 1 fully saturated rings. The molecule has 1 unspecified atom stereocenters. The largest absolute Gasteiger partial charge is 0.360 e. The van der Waals surface area contributed by atoms with Crippen LogP contribution >= 0.6 is 0 Å². The number of carbonyl (C=O) groups excluding carboxylic acids is 1. The summed E-state index contributed by atoms with van der Waals surface area (Å²) in [6.45, 7) is 2.09. The Morgan fingerprint density at radius 2 is 2.20 bits per heavy atom. The highest BCUT2D eigenvalue weighted by atomic mass is 16.2. The first-order valence-electron chi connectivity index (χ1n) is 7.18. The van der Waals surface area contributed by atoms with Crippen LogP contribution in [-0.4, -0.2) is 53.9 Å². The van der Waals surface area contributed by atoms with Crippen LogP contribution in [0.5, 0.6) is 0 Å². The van der Waals surface area contributed by atoms with E-state index in [1.165, 1.54) is 0 Å². The summed E-state index contributed by atoms with van der Waals surface area (Å²) in [5.74, 6) is 0.114. The number of benzene rings is 1. The van der Waals surface area contributed by atoms with Crippen molar-refractivity contribution in [2.45, 2.75) is 18.9 Å². The van der Waals surface area contributed by atoms with Gasteiger partial charge >= 0.3 is 0 Å². The number of likely N-dealkylation sites (tertiary alicyclic amines) is 1. The molecule has 4 heteroatoms.